The first-order valence-corrected chi connectivity index (χ1v) is 5.81. The maximum absolute atomic E-state index is 9.93. The minimum Gasteiger partial charge on any atom is -0.393 e. The zero-order chi connectivity index (χ0) is 9.84. The highest BCUT2D eigenvalue weighted by atomic mass is 16.3. The Morgan fingerprint density at radius 1 is 1.31 bits per heavy atom. The van der Waals surface area contributed by atoms with Crippen molar-refractivity contribution < 1.29 is 5.11 Å². The van der Waals surface area contributed by atoms with E-state index in [0.29, 0.717) is 11.8 Å². The van der Waals surface area contributed by atoms with Gasteiger partial charge in [0.15, 0.2) is 0 Å². The highest BCUT2D eigenvalue weighted by Crippen LogP contribution is 2.36. The molecule has 3 atom stereocenters. The summed E-state index contributed by atoms with van der Waals surface area (Å²) in [5.41, 5.74) is 0. The SMILES string of the molecule is CCC1CCC(C(O)CC(C)C)C1. The van der Waals surface area contributed by atoms with E-state index in [1.54, 1.807) is 0 Å². The standard InChI is InChI=1S/C12H24O/c1-4-10-5-6-11(8-10)12(13)7-9(2)3/h9-13H,4-8H2,1-3H3. The van der Waals surface area contributed by atoms with Crippen LogP contribution in [0.25, 0.3) is 0 Å². The van der Waals surface area contributed by atoms with E-state index >= 15 is 0 Å². The molecule has 1 aliphatic carbocycles. The summed E-state index contributed by atoms with van der Waals surface area (Å²) in [4.78, 5) is 0. The van der Waals surface area contributed by atoms with E-state index in [9.17, 15) is 5.11 Å². The molecule has 0 saturated heterocycles. The van der Waals surface area contributed by atoms with Crippen LogP contribution in [0.5, 0.6) is 0 Å². The van der Waals surface area contributed by atoms with E-state index < -0.39 is 0 Å². The number of hydrogen-bond acceptors (Lipinski definition) is 1. The molecule has 1 fully saturated rings. The molecule has 1 rings (SSSR count). The summed E-state index contributed by atoms with van der Waals surface area (Å²) in [5, 5.41) is 9.93. The lowest BCUT2D eigenvalue weighted by Crippen LogP contribution is -2.20. The Labute approximate surface area is 82.5 Å². The molecular formula is C12H24O. The smallest absolute Gasteiger partial charge is 0.0570 e. The molecule has 1 N–H and O–H groups in total. The molecule has 78 valence electrons. The summed E-state index contributed by atoms with van der Waals surface area (Å²) in [6.07, 6.45) is 6.12. The van der Waals surface area contributed by atoms with Crippen LogP contribution in [-0.2, 0) is 0 Å². The van der Waals surface area contributed by atoms with Crippen LogP contribution < -0.4 is 0 Å². The lowest BCUT2D eigenvalue weighted by molar-refractivity contribution is 0.0872. The highest BCUT2D eigenvalue weighted by molar-refractivity contribution is 4.80. The van der Waals surface area contributed by atoms with Crippen LogP contribution in [-0.4, -0.2) is 11.2 Å². The average Bonchev–Trinajstić information content (AvgIpc) is 2.50. The molecule has 0 aliphatic heterocycles. The molecule has 3 unspecified atom stereocenters. The molecule has 1 heteroatoms. The van der Waals surface area contributed by atoms with Crippen molar-refractivity contribution in [2.75, 3.05) is 0 Å². The summed E-state index contributed by atoms with van der Waals surface area (Å²) in [7, 11) is 0. The zero-order valence-corrected chi connectivity index (χ0v) is 9.29. The van der Waals surface area contributed by atoms with Crippen molar-refractivity contribution in [3.63, 3.8) is 0 Å². The first-order chi connectivity index (χ1) is 6.13. The monoisotopic (exact) mass is 184 g/mol. The van der Waals surface area contributed by atoms with Crippen LogP contribution in [0.2, 0.25) is 0 Å². The van der Waals surface area contributed by atoms with Gasteiger partial charge in [-0.05, 0) is 37.0 Å². The van der Waals surface area contributed by atoms with Gasteiger partial charge in [-0.3, -0.25) is 0 Å². The molecule has 1 aliphatic rings. The Morgan fingerprint density at radius 2 is 2.00 bits per heavy atom. The van der Waals surface area contributed by atoms with E-state index in [0.717, 1.165) is 12.3 Å². The largest absolute Gasteiger partial charge is 0.393 e. The predicted molar refractivity (Wildman–Crippen MR) is 56.6 cm³/mol. The van der Waals surface area contributed by atoms with Gasteiger partial charge in [0.05, 0.1) is 6.10 Å². The van der Waals surface area contributed by atoms with E-state index in [1.165, 1.54) is 25.7 Å². The van der Waals surface area contributed by atoms with Gasteiger partial charge in [0.1, 0.15) is 0 Å². The molecule has 0 amide bonds. The third-order valence-electron chi connectivity index (χ3n) is 3.42. The summed E-state index contributed by atoms with van der Waals surface area (Å²) < 4.78 is 0. The second kappa shape index (κ2) is 4.99. The first kappa shape index (κ1) is 11.0. The Kier molecular flexibility index (Phi) is 4.24. The topological polar surface area (TPSA) is 20.2 Å². The van der Waals surface area contributed by atoms with Crippen LogP contribution in [0.3, 0.4) is 0 Å². The van der Waals surface area contributed by atoms with Gasteiger partial charge in [0.2, 0.25) is 0 Å². The maximum Gasteiger partial charge on any atom is 0.0570 e. The van der Waals surface area contributed by atoms with Crippen LogP contribution in [0.15, 0.2) is 0 Å². The van der Waals surface area contributed by atoms with Crippen molar-refractivity contribution >= 4 is 0 Å². The fourth-order valence-electron chi connectivity index (χ4n) is 2.51. The van der Waals surface area contributed by atoms with Crippen LogP contribution in [0, 0.1) is 17.8 Å². The third kappa shape index (κ3) is 3.30. The van der Waals surface area contributed by atoms with Gasteiger partial charge in [-0.1, -0.05) is 33.6 Å². The van der Waals surface area contributed by atoms with E-state index in [2.05, 4.69) is 20.8 Å². The average molecular weight is 184 g/mol. The van der Waals surface area contributed by atoms with E-state index in [4.69, 9.17) is 0 Å². The molecule has 0 aromatic rings. The van der Waals surface area contributed by atoms with Gasteiger partial charge in [-0.25, -0.2) is 0 Å². The van der Waals surface area contributed by atoms with E-state index in [-0.39, 0.29) is 6.10 Å². The van der Waals surface area contributed by atoms with Gasteiger partial charge in [0, 0.05) is 0 Å². The zero-order valence-electron chi connectivity index (χ0n) is 9.29. The van der Waals surface area contributed by atoms with Crippen molar-refractivity contribution in [1.29, 1.82) is 0 Å². The molecule has 0 heterocycles. The predicted octanol–water partition coefficient (Wildman–Crippen LogP) is 3.22. The molecule has 0 bridgehead atoms. The van der Waals surface area contributed by atoms with E-state index in [1.807, 2.05) is 0 Å². The van der Waals surface area contributed by atoms with Crippen molar-refractivity contribution in [2.24, 2.45) is 17.8 Å². The fraction of sp³-hybridized carbons (Fsp3) is 1.00. The number of aliphatic hydroxyl groups excluding tert-OH is 1. The molecule has 0 radical (unpaired) electrons. The molecular weight excluding hydrogens is 160 g/mol. The van der Waals surface area contributed by atoms with Crippen LogP contribution >= 0.6 is 0 Å². The molecule has 1 nitrogen and oxygen atoms in total. The Bertz CT molecular complexity index is 142. The molecule has 13 heavy (non-hydrogen) atoms. The molecule has 0 aromatic heterocycles. The van der Waals surface area contributed by atoms with Gasteiger partial charge in [0.25, 0.3) is 0 Å². The molecule has 0 spiro atoms. The molecule has 1 saturated carbocycles. The Morgan fingerprint density at radius 3 is 2.46 bits per heavy atom. The summed E-state index contributed by atoms with van der Waals surface area (Å²) in [6, 6.07) is 0. The minimum atomic E-state index is -0.0310. The lowest BCUT2D eigenvalue weighted by atomic mass is 9.92. The lowest BCUT2D eigenvalue weighted by Gasteiger charge is -2.19. The van der Waals surface area contributed by atoms with Crippen molar-refractivity contribution in [3.05, 3.63) is 0 Å². The normalized spacial score (nSPS) is 31.2. The van der Waals surface area contributed by atoms with Crippen molar-refractivity contribution in [1.82, 2.24) is 0 Å². The summed E-state index contributed by atoms with van der Waals surface area (Å²) in [5.74, 6) is 2.13. The second-order valence-electron chi connectivity index (χ2n) is 5.04. The number of hydrogen-bond donors (Lipinski definition) is 1. The van der Waals surface area contributed by atoms with Crippen molar-refractivity contribution in [3.8, 4) is 0 Å². The maximum atomic E-state index is 9.93. The number of aliphatic hydroxyl groups is 1. The van der Waals surface area contributed by atoms with Crippen LogP contribution in [0.1, 0.15) is 52.9 Å². The summed E-state index contributed by atoms with van der Waals surface area (Å²) >= 11 is 0. The second-order valence-corrected chi connectivity index (χ2v) is 5.04. The first-order valence-electron chi connectivity index (χ1n) is 5.81. The molecule has 0 aromatic carbocycles. The van der Waals surface area contributed by atoms with Gasteiger partial charge in [-0.15, -0.1) is 0 Å². The van der Waals surface area contributed by atoms with Gasteiger partial charge >= 0.3 is 0 Å². The number of rotatable bonds is 4. The fourth-order valence-corrected chi connectivity index (χ4v) is 2.51. The van der Waals surface area contributed by atoms with Gasteiger partial charge in [-0.2, -0.15) is 0 Å². The third-order valence-corrected chi connectivity index (χ3v) is 3.42. The Hall–Kier alpha value is -0.0400. The quantitative estimate of drug-likeness (QED) is 0.711. The Balaban J connectivity index is 2.28. The van der Waals surface area contributed by atoms with Gasteiger partial charge < -0.3 is 5.11 Å². The summed E-state index contributed by atoms with van der Waals surface area (Å²) in [6.45, 7) is 6.65. The van der Waals surface area contributed by atoms with Crippen LogP contribution in [0.4, 0.5) is 0 Å². The minimum absolute atomic E-state index is 0.0310. The van der Waals surface area contributed by atoms with Crippen molar-refractivity contribution in [2.45, 2.75) is 59.0 Å². The highest BCUT2D eigenvalue weighted by Gasteiger charge is 2.28.